The lowest BCUT2D eigenvalue weighted by atomic mass is 9.93. The van der Waals surface area contributed by atoms with Crippen molar-refractivity contribution >= 4 is 22.5 Å². The number of rotatable bonds is 4. The number of carbonyl (C=O) groups is 1. The number of nitrogen functional groups attached to an aromatic ring is 1. The predicted octanol–water partition coefficient (Wildman–Crippen LogP) is 3.45. The van der Waals surface area contributed by atoms with Crippen LogP contribution in [0.3, 0.4) is 0 Å². The Kier molecular flexibility index (Phi) is 4.54. The lowest BCUT2D eigenvalue weighted by molar-refractivity contribution is 0.0912. The fourth-order valence-electron chi connectivity index (χ4n) is 3.30. The summed E-state index contributed by atoms with van der Waals surface area (Å²) in [6.07, 6.45) is 2.89. The first-order valence-corrected chi connectivity index (χ1v) is 8.89. The van der Waals surface area contributed by atoms with Crippen molar-refractivity contribution in [3.63, 3.8) is 0 Å². The monoisotopic (exact) mass is 384 g/mol. The van der Waals surface area contributed by atoms with Crippen LogP contribution in [0.1, 0.15) is 29.8 Å². The van der Waals surface area contributed by atoms with E-state index in [9.17, 15) is 13.6 Å². The summed E-state index contributed by atoms with van der Waals surface area (Å²) >= 11 is 0. The van der Waals surface area contributed by atoms with Gasteiger partial charge in [-0.1, -0.05) is 6.07 Å². The van der Waals surface area contributed by atoms with E-state index in [1.165, 1.54) is 31.4 Å². The Labute approximate surface area is 159 Å². The molecule has 1 saturated carbocycles. The molecule has 1 aliphatic carbocycles. The van der Waals surface area contributed by atoms with Crippen LogP contribution in [-0.2, 0) is 0 Å². The molecule has 0 aliphatic heterocycles. The van der Waals surface area contributed by atoms with E-state index in [2.05, 4.69) is 15.5 Å². The number of benzene rings is 2. The van der Waals surface area contributed by atoms with Gasteiger partial charge in [-0.05, 0) is 43.5 Å². The first kappa shape index (κ1) is 18.1. The number of anilines is 1. The lowest BCUT2D eigenvalue weighted by Crippen LogP contribution is -2.40. The molecule has 4 rings (SSSR count). The third-order valence-corrected chi connectivity index (χ3v) is 5.02. The number of carbonyl (C=O) groups excluding carboxylic acids is 1. The Morgan fingerprint density at radius 1 is 1.14 bits per heavy atom. The lowest BCUT2D eigenvalue weighted by Gasteiger charge is -2.26. The number of methoxy groups -OCH3 is 1. The summed E-state index contributed by atoms with van der Waals surface area (Å²) in [5, 5.41) is 11.1. The topological polar surface area (TPSA) is 90.1 Å². The molecule has 3 aromatic rings. The number of halogens is 2. The van der Waals surface area contributed by atoms with Crippen molar-refractivity contribution in [2.45, 2.75) is 25.3 Å². The van der Waals surface area contributed by atoms with Gasteiger partial charge in [0.05, 0.1) is 23.9 Å². The summed E-state index contributed by atoms with van der Waals surface area (Å²) in [4.78, 5) is 12.4. The minimum Gasteiger partial charge on any atom is -0.496 e. The number of amides is 1. The first-order chi connectivity index (χ1) is 13.5. The largest absolute Gasteiger partial charge is 0.496 e. The molecular formula is C20H18F2N4O2. The standard InChI is InChI=1S/C20H18F2N4O2/c1-28-14-7-3-6-12(21)15(14)16-13(22)9-8-11-17(23)19(26-25-18(11)16)20(27)24-10-4-2-5-10/h3,6-10H,2,4-5H2,1H3,(H2,23,25)(H,24,27). The van der Waals surface area contributed by atoms with Crippen molar-refractivity contribution in [1.82, 2.24) is 15.5 Å². The van der Waals surface area contributed by atoms with Gasteiger partial charge in [-0.2, -0.15) is 0 Å². The van der Waals surface area contributed by atoms with Gasteiger partial charge >= 0.3 is 0 Å². The minimum atomic E-state index is -0.698. The second-order valence-corrected chi connectivity index (χ2v) is 6.70. The summed E-state index contributed by atoms with van der Waals surface area (Å²) in [5.74, 6) is -1.64. The molecule has 0 bridgehead atoms. The Balaban J connectivity index is 1.89. The van der Waals surface area contributed by atoms with Crippen molar-refractivity contribution in [3.8, 4) is 16.9 Å². The molecule has 1 aromatic heterocycles. The summed E-state index contributed by atoms with van der Waals surface area (Å²) in [6.45, 7) is 0. The van der Waals surface area contributed by atoms with Gasteiger partial charge in [0.15, 0.2) is 5.69 Å². The molecule has 0 radical (unpaired) electrons. The summed E-state index contributed by atoms with van der Waals surface area (Å²) in [7, 11) is 1.37. The quantitative estimate of drug-likeness (QED) is 0.719. The van der Waals surface area contributed by atoms with E-state index in [1.54, 1.807) is 0 Å². The third kappa shape index (κ3) is 2.90. The molecule has 2 aromatic carbocycles. The van der Waals surface area contributed by atoms with Crippen molar-refractivity contribution in [3.05, 3.63) is 47.7 Å². The van der Waals surface area contributed by atoms with Crippen LogP contribution in [0.15, 0.2) is 30.3 Å². The maximum atomic E-state index is 14.7. The van der Waals surface area contributed by atoms with E-state index < -0.39 is 17.5 Å². The van der Waals surface area contributed by atoms with Gasteiger partial charge in [0, 0.05) is 11.4 Å². The fraction of sp³-hybridized carbons (Fsp3) is 0.250. The minimum absolute atomic E-state index is 0.0301. The Morgan fingerprint density at radius 2 is 1.89 bits per heavy atom. The van der Waals surface area contributed by atoms with Gasteiger partial charge in [0.1, 0.15) is 22.9 Å². The number of fused-ring (bicyclic) bond motifs is 1. The maximum Gasteiger partial charge on any atom is 0.274 e. The second kappa shape index (κ2) is 7.03. The highest BCUT2D eigenvalue weighted by molar-refractivity contribution is 6.08. The van der Waals surface area contributed by atoms with Crippen LogP contribution in [-0.4, -0.2) is 29.3 Å². The van der Waals surface area contributed by atoms with Crippen LogP contribution >= 0.6 is 0 Å². The average Bonchev–Trinajstić information content (AvgIpc) is 2.65. The van der Waals surface area contributed by atoms with Crippen molar-refractivity contribution in [1.29, 1.82) is 0 Å². The zero-order chi connectivity index (χ0) is 19.8. The third-order valence-electron chi connectivity index (χ3n) is 5.02. The summed E-state index contributed by atoms with van der Waals surface area (Å²) in [6, 6.07) is 6.86. The molecule has 3 N–H and O–H groups in total. The Morgan fingerprint density at radius 3 is 2.57 bits per heavy atom. The number of hydrogen-bond acceptors (Lipinski definition) is 5. The van der Waals surface area contributed by atoms with Crippen molar-refractivity contribution in [2.24, 2.45) is 0 Å². The van der Waals surface area contributed by atoms with Crippen molar-refractivity contribution in [2.75, 3.05) is 12.8 Å². The highest BCUT2D eigenvalue weighted by Gasteiger charge is 2.25. The number of nitrogens with zero attached hydrogens (tertiary/aromatic N) is 2. The normalized spacial score (nSPS) is 14.0. The molecule has 0 spiro atoms. The number of nitrogens with one attached hydrogen (secondary N) is 1. The molecule has 1 heterocycles. The zero-order valence-corrected chi connectivity index (χ0v) is 15.1. The van der Waals surface area contributed by atoms with E-state index in [4.69, 9.17) is 10.5 Å². The Hall–Kier alpha value is -3.29. The predicted molar refractivity (Wildman–Crippen MR) is 101 cm³/mol. The van der Waals surface area contributed by atoms with Gasteiger partial charge in [-0.3, -0.25) is 4.79 Å². The SMILES string of the molecule is COc1cccc(F)c1-c1c(F)ccc2c(N)c(C(=O)NC3CCC3)nnc12. The molecular weight excluding hydrogens is 366 g/mol. The van der Waals surface area contributed by atoms with Gasteiger partial charge in [-0.15, -0.1) is 10.2 Å². The smallest absolute Gasteiger partial charge is 0.274 e. The number of aromatic nitrogens is 2. The molecule has 1 fully saturated rings. The molecule has 0 atom stereocenters. The average molecular weight is 384 g/mol. The van der Waals surface area contributed by atoms with Crippen LogP contribution in [0.5, 0.6) is 5.75 Å². The number of hydrogen-bond donors (Lipinski definition) is 2. The first-order valence-electron chi connectivity index (χ1n) is 8.89. The van der Waals surface area contributed by atoms with E-state index in [0.717, 1.165) is 25.3 Å². The van der Waals surface area contributed by atoms with Crippen LogP contribution in [0, 0.1) is 11.6 Å². The molecule has 28 heavy (non-hydrogen) atoms. The molecule has 8 heteroatoms. The Bertz CT molecular complexity index is 1080. The van der Waals surface area contributed by atoms with Crippen LogP contribution in [0.4, 0.5) is 14.5 Å². The van der Waals surface area contributed by atoms with Crippen LogP contribution in [0.2, 0.25) is 0 Å². The molecule has 144 valence electrons. The molecule has 0 unspecified atom stereocenters. The highest BCUT2D eigenvalue weighted by atomic mass is 19.1. The highest BCUT2D eigenvalue weighted by Crippen LogP contribution is 2.39. The van der Waals surface area contributed by atoms with E-state index >= 15 is 0 Å². The van der Waals surface area contributed by atoms with E-state index in [1.807, 2.05) is 0 Å². The van der Waals surface area contributed by atoms with Crippen molar-refractivity contribution < 1.29 is 18.3 Å². The summed E-state index contributed by atoms with van der Waals surface area (Å²) in [5.41, 5.74) is 6.06. The second-order valence-electron chi connectivity index (χ2n) is 6.70. The zero-order valence-electron chi connectivity index (χ0n) is 15.1. The van der Waals surface area contributed by atoms with E-state index in [0.29, 0.717) is 5.39 Å². The maximum absolute atomic E-state index is 14.7. The van der Waals surface area contributed by atoms with Gasteiger partial charge in [-0.25, -0.2) is 8.78 Å². The molecule has 1 aliphatic rings. The molecule has 0 saturated heterocycles. The number of ether oxygens (including phenoxy) is 1. The van der Waals surface area contributed by atoms with Gasteiger partial charge in [0.25, 0.3) is 5.91 Å². The van der Waals surface area contributed by atoms with E-state index in [-0.39, 0.29) is 39.8 Å². The molecule has 1 amide bonds. The van der Waals surface area contributed by atoms with Gasteiger partial charge < -0.3 is 15.8 Å². The van der Waals surface area contributed by atoms with Gasteiger partial charge in [0.2, 0.25) is 0 Å². The molecule has 6 nitrogen and oxygen atoms in total. The van der Waals surface area contributed by atoms with Crippen LogP contribution < -0.4 is 15.8 Å². The van der Waals surface area contributed by atoms with Crippen LogP contribution in [0.25, 0.3) is 22.0 Å². The summed E-state index contributed by atoms with van der Waals surface area (Å²) < 4.78 is 34.4. The fourth-order valence-corrected chi connectivity index (χ4v) is 3.30. The number of nitrogens with two attached hydrogens (primary N) is 1.